The van der Waals surface area contributed by atoms with Crippen molar-refractivity contribution < 1.29 is 9.53 Å². The molecular formula is C9H14N2O2. The van der Waals surface area contributed by atoms with Gasteiger partial charge in [-0.15, -0.1) is 0 Å². The Morgan fingerprint density at radius 1 is 1.54 bits per heavy atom. The van der Waals surface area contributed by atoms with Gasteiger partial charge in [0.1, 0.15) is 11.3 Å². The molecule has 0 spiro atoms. The molecule has 0 unspecified atom stereocenters. The Labute approximate surface area is 77.5 Å². The number of hydrogen-bond donors (Lipinski definition) is 0. The van der Waals surface area contributed by atoms with Gasteiger partial charge in [-0.2, -0.15) is 5.10 Å². The maximum Gasteiger partial charge on any atom is 0.293 e. The molecule has 0 saturated heterocycles. The molecule has 0 fully saturated rings. The molecule has 0 aromatic rings. The van der Waals surface area contributed by atoms with Gasteiger partial charge in [-0.05, 0) is 27.7 Å². The van der Waals surface area contributed by atoms with Gasteiger partial charge in [0.15, 0.2) is 0 Å². The lowest BCUT2D eigenvalue weighted by atomic mass is 10.2. The van der Waals surface area contributed by atoms with Crippen LogP contribution in [-0.4, -0.2) is 21.9 Å². The zero-order chi connectivity index (χ0) is 10.1. The molecule has 13 heavy (non-hydrogen) atoms. The highest BCUT2D eigenvalue weighted by Crippen LogP contribution is 2.23. The van der Waals surface area contributed by atoms with Crippen LogP contribution in [0.5, 0.6) is 0 Å². The van der Waals surface area contributed by atoms with Crippen molar-refractivity contribution in [3.63, 3.8) is 0 Å². The first kappa shape index (κ1) is 9.77. The van der Waals surface area contributed by atoms with E-state index in [-0.39, 0.29) is 5.60 Å². The number of nitrogens with zero attached hydrogens (tertiary/aromatic N) is 2. The van der Waals surface area contributed by atoms with E-state index in [9.17, 15) is 4.79 Å². The van der Waals surface area contributed by atoms with E-state index in [0.29, 0.717) is 6.47 Å². The number of hydrogen-bond acceptors (Lipinski definition) is 3. The SMILES string of the molecule is CC(C)(C)OC=O.Cc1nn2cc1-2. The summed E-state index contributed by atoms with van der Waals surface area (Å²) < 4.78 is 6.42. The molecule has 4 heteroatoms. The molecule has 0 aromatic carbocycles. The van der Waals surface area contributed by atoms with E-state index in [4.69, 9.17) is 0 Å². The molecular weight excluding hydrogens is 168 g/mol. The molecule has 2 aliphatic heterocycles. The van der Waals surface area contributed by atoms with Crippen molar-refractivity contribution >= 4 is 6.47 Å². The van der Waals surface area contributed by atoms with Crippen LogP contribution in [0, 0.1) is 6.92 Å². The second-order valence-corrected chi connectivity index (χ2v) is 3.87. The average Bonchev–Trinajstić information content (AvgIpc) is 2.59. The topological polar surface area (TPSA) is 44.1 Å². The molecule has 0 bridgehead atoms. The minimum absolute atomic E-state index is 0.318. The fraction of sp³-hybridized carbons (Fsp3) is 0.556. The van der Waals surface area contributed by atoms with Crippen LogP contribution in [0.4, 0.5) is 0 Å². The maximum atomic E-state index is 9.60. The lowest BCUT2D eigenvalue weighted by molar-refractivity contribution is -0.138. The van der Waals surface area contributed by atoms with Gasteiger partial charge in [0.2, 0.25) is 0 Å². The number of ether oxygens (including phenoxy) is 1. The number of carbonyl (C=O) groups is 1. The predicted octanol–water partition coefficient (Wildman–Crippen LogP) is 1.45. The maximum absolute atomic E-state index is 9.60. The summed E-state index contributed by atoms with van der Waals surface area (Å²) in [7, 11) is 0. The van der Waals surface area contributed by atoms with E-state index in [0.717, 1.165) is 0 Å². The molecule has 0 aromatic heterocycles. The van der Waals surface area contributed by atoms with Gasteiger partial charge < -0.3 is 4.74 Å². The molecule has 72 valence electrons. The Bertz CT molecular complexity index is 310. The van der Waals surface area contributed by atoms with Gasteiger partial charge in [0, 0.05) is 0 Å². The van der Waals surface area contributed by atoms with Crippen LogP contribution < -0.4 is 0 Å². The minimum Gasteiger partial charge on any atom is -0.462 e. The Balaban J connectivity index is 0.000000130. The lowest BCUT2D eigenvalue weighted by Crippen LogP contribution is -2.17. The fourth-order valence-corrected chi connectivity index (χ4v) is 0.741. The molecule has 0 atom stereocenters. The highest BCUT2D eigenvalue weighted by atomic mass is 16.5. The van der Waals surface area contributed by atoms with Crippen molar-refractivity contribution in [3.05, 3.63) is 11.9 Å². The van der Waals surface area contributed by atoms with E-state index in [2.05, 4.69) is 9.84 Å². The summed E-state index contributed by atoms with van der Waals surface area (Å²) in [6.45, 7) is 7.93. The zero-order valence-corrected chi connectivity index (χ0v) is 8.37. The quantitative estimate of drug-likeness (QED) is 0.627. The van der Waals surface area contributed by atoms with Crippen LogP contribution in [0.25, 0.3) is 5.69 Å². The van der Waals surface area contributed by atoms with Crippen molar-refractivity contribution in [3.8, 4) is 5.69 Å². The standard InChI is InChI=1S/C5H10O2.C4H4N2/c1-5(2,3)7-4-6;1-3-4-2-6(4)5-3/h4H,1-3H3;2H,1H3. The second kappa shape index (κ2) is 3.20. The summed E-state index contributed by atoms with van der Waals surface area (Å²) in [5, 5.41) is 3.95. The smallest absolute Gasteiger partial charge is 0.293 e. The molecule has 0 radical (unpaired) electrons. The largest absolute Gasteiger partial charge is 0.462 e. The Morgan fingerprint density at radius 2 is 2.15 bits per heavy atom. The summed E-state index contributed by atoms with van der Waals surface area (Å²) in [4.78, 5) is 9.60. The third-order valence-electron chi connectivity index (χ3n) is 1.45. The third-order valence-corrected chi connectivity index (χ3v) is 1.45. The summed E-state index contributed by atoms with van der Waals surface area (Å²) in [5.74, 6) is 0. The monoisotopic (exact) mass is 182 g/mol. The highest BCUT2D eigenvalue weighted by Gasteiger charge is 2.18. The van der Waals surface area contributed by atoms with Crippen molar-refractivity contribution in [1.82, 2.24) is 9.78 Å². The number of aryl methyl sites for hydroxylation is 1. The van der Waals surface area contributed by atoms with E-state index in [1.54, 1.807) is 0 Å². The van der Waals surface area contributed by atoms with Crippen molar-refractivity contribution in [2.45, 2.75) is 33.3 Å². The van der Waals surface area contributed by atoms with Crippen molar-refractivity contribution in [2.75, 3.05) is 0 Å². The normalized spacial score (nSPS) is 11.4. The van der Waals surface area contributed by atoms with E-state index in [1.165, 1.54) is 11.4 Å². The molecule has 0 aliphatic carbocycles. The van der Waals surface area contributed by atoms with Gasteiger partial charge in [0.25, 0.3) is 6.47 Å². The summed E-state index contributed by atoms with van der Waals surface area (Å²) in [5.41, 5.74) is 2.17. The van der Waals surface area contributed by atoms with Gasteiger partial charge in [-0.3, -0.25) is 4.79 Å². The van der Waals surface area contributed by atoms with Crippen LogP contribution in [0.1, 0.15) is 26.5 Å². The van der Waals surface area contributed by atoms with E-state index < -0.39 is 0 Å². The second-order valence-electron chi connectivity index (χ2n) is 3.87. The first-order chi connectivity index (χ1) is 5.94. The lowest BCUT2D eigenvalue weighted by Gasteiger charge is -2.14. The summed E-state index contributed by atoms with van der Waals surface area (Å²) in [6, 6.07) is 0. The third kappa shape index (κ3) is 2.89. The minimum atomic E-state index is -0.318. The van der Waals surface area contributed by atoms with Gasteiger partial charge >= 0.3 is 0 Å². The summed E-state index contributed by atoms with van der Waals surface area (Å²) >= 11 is 0. The molecule has 0 amide bonds. The van der Waals surface area contributed by atoms with Gasteiger partial charge in [0.05, 0.1) is 11.9 Å². The van der Waals surface area contributed by atoms with Crippen LogP contribution in [0.2, 0.25) is 0 Å². The zero-order valence-electron chi connectivity index (χ0n) is 8.37. The molecule has 2 aliphatic rings. The van der Waals surface area contributed by atoms with Crippen LogP contribution in [0.3, 0.4) is 0 Å². The molecule has 4 nitrogen and oxygen atoms in total. The van der Waals surface area contributed by atoms with Gasteiger partial charge in [-0.25, -0.2) is 4.68 Å². The van der Waals surface area contributed by atoms with Gasteiger partial charge in [-0.1, -0.05) is 0 Å². The number of fused-ring (bicyclic) bond motifs is 1. The van der Waals surface area contributed by atoms with Crippen LogP contribution in [0.15, 0.2) is 6.20 Å². The summed E-state index contributed by atoms with van der Waals surface area (Å²) in [6.07, 6.45) is 2.01. The van der Waals surface area contributed by atoms with Crippen LogP contribution in [-0.2, 0) is 9.53 Å². The number of rotatable bonds is 1. The van der Waals surface area contributed by atoms with E-state index >= 15 is 0 Å². The fourth-order valence-electron chi connectivity index (χ4n) is 0.741. The molecule has 0 saturated carbocycles. The number of carbonyl (C=O) groups excluding carboxylic acids is 1. The Morgan fingerprint density at radius 3 is 2.15 bits per heavy atom. The van der Waals surface area contributed by atoms with Crippen molar-refractivity contribution in [1.29, 1.82) is 0 Å². The van der Waals surface area contributed by atoms with Crippen molar-refractivity contribution in [2.24, 2.45) is 0 Å². The molecule has 2 rings (SSSR count). The van der Waals surface area contributed by atoms with Crippen LogP contribution >= 0.6 is 0 Å². The van der Waals surface area contributed by atoms with E-state index in [1.807, 2.05) is 38.6 Å². The first-order valence-corrected chi connectivity index (χ1v) is 4.12. The number of aromatic nitrogens is 2. The Hall–Kier alpha value is -1.32. The molecule has 2 heterocycles. The predicted molar refractivity (Wildman–Crippen MR) is 48.8 cm³/mol. The molecule has 0 N–H and O–H groups in total. The average molecular weight is 182 g/mol. The Kier molecular flexibility index (Phi) is 2.40. The highest BCUT2D eigenvalue weighted by molar-refractivity contribution is 5.46. The first-order valence-electron chi connectivity index (χ1n) is 4.12.